The number of benzene rings is 1. The maximum Gasteiger partial charge on any atom is 0.200 e. The summed E-state index contributed by atoms with van der Waals surface area (Å²) in [5.74, 6) is 1.43. The zero-order valence-corrected chi connectivity index (χ0v) is 9.82. The average molecular weight is 230 g/mol. The highest BCUT2D eigenvalue weighted by molar-refractivity contribution is 6.03. The van der Waals surface area contributed by atoms with Crippen LogP contribution in [0.4, 0.5) is 5.95 Å². The van der Waals surface area contributed by atoms with E-state index in [9.17, 15) is 0 Å². The molecule has 0 atom stereocenters. The minimum Gasteiger partial charge on any atom is -0.460 e. The molecule has 3 N–H and O–H groups in total. The second-order valence-corrected chi connectivity index (χ2v) is 4.12. The maximum atomic E-state index is 5.82. The third kappa shape index (κ3) is 1.39. The molecule has 0 unspecified atom stereocenters. The molecular weight excluding hydrogens is 216 g/mol. The first kappa shape index (κ1) is 10.2. The number of nitrogens with two attached hydrogens (primary N) is 1. The van der Waals surface area contributed by atoms with Crippen molar-refractivity contribution in [3.63, 3.8) is 0 Å². The van der Waals surface area contributed by atoms with Gasteiger partial charge in [-0.25, -0.2) is 4.98 Å². The molecule has 3 rings (SSSR count). The van der Waals surface area contributed by atoms with E-state index < -0.39 is 0 Å². The lowest BCUT2D eigenvalue weighted by atomic mass is 10.2. The topological polar surface area (TPSA) is 69.0 Å². The number of nitrogen functional groups attached to an aromatic ring is 1. The van der Waals surface area contributed by atoms with Crippen LogP contribution in [0.2, 0.25) is 0 Å². The van der Waals surface area contributed by atoms with Gasteiger partial charge >= 0.3 is 0 Å². The van der Waals surface area contributed by atoms with Gasteiger partial charge in [-0.15, -0.1) is 0 Å². The molecule has 5 nitrogen and oxygen atoms in total. The minimum atomic E-state index is 0.517. The van der Waals surface area contributed by atoms with E-state index in [1.54, 1.807) is 0 Å². The fourth-order valence-corrected chi connectivity index (χ4v) is 2.16. The second-order valence-electron chi connectivity index (χ2n) is 4.12. The Morgan fingerprint density at radius 2 is 2.29 bits per heavy atom. The highest BCUT2D eigenvalue weighted by atomic mass is 16.3. The third-order valence-corrected chi connectivity index (χ3v) is 2.97. The quantitative estimate of drug-likeness (QED) is 0.702. The molecule has 1 aromatic carbocycles. The standard InChI is InChI=1S/C12H14N4O/c1-14-6-7-5-8-10(17-7)4-3-9-11(8)16(2)12(13)15-9/h3-5,14H,6H2,1-2H3,(H2,13,15). The number of aryl methyl sites for hydroxylation is 1. The van der Waals surface area contributed by atoms with Crippen molar-refractivity contribution in [2.24, 2.45) is 7.05 Å². The Hall–Kier alpha value is -2.01. The summed E-state index contributed by atoms with van der Waals surface area (Å²) in [6.45, 7) is 0.712. The molecule has 2 aromatic heterocycles. The van der Waals surface area contributed by atoms with E-state index in [2.05, 4.69) is 10.3 Å². The van der Waals surface area contributed by atoms with Crippen LogP contribution in [0.25, 0.3) is 22.0 Å². The van der Waals surface area contributed by atoms with E-state index in [1.807, 2.05) is 36.9 Å². The molecular formula is C12H14N4O. The number of nitrogens with one attached hydrogen (secondary N) is 1. The lowest BCUT2D eigenvalue weighted by Gasteiger charge is -1.96. The van der Waals surface area contributed by atoms with Gasteiger partial charge in [0.05, 0.1) is 17.6 Å². The van der Waals surface area contributed by atoms with E-state index in [1.165, 1.54) is 0 Å². The minimum absolute atomic E-state index is 0.517. The smallest absolute Gasteiger partial charge is 0.200 e. The van der Waals surface area contributed by atoms with Gasteiger partial charge in [0.25, 0.3) is 0 Å². The molecule has 0 aliphatic rings. The Morgan fingerprint density at radius 3 is 3.06 bits per heavy atom. The number of hydrogen-bond donors (Lipinski definition) is 2. The number of rotatable bonds is 2. The molecule has 3 aromatic rings. The van der Waals surface area contributed by atoms with Gasteiger partial charge in [0, 0.05) is 12.4 Å². The molecule has 0 aliphatic carbocycles. The predicted molar refractivity (Wildman–Crippen MR) is 67.7 cm³/mol. The van der Waals surface area contributed by atoms with Crippen molar-refractivity contribution in [3.05, 3.63) is 24.0 Å². The van der Waals surface area contributed by atoms with Crippen LogP contribution in [0, 0.1) is 0 Å². The first-order valence-corrected chi connectivity index (χ1v) is 5.48. The Balaban J connectivity index is 2.37. The van der Waals surface area contributed by atoms with Gasteiger partial charge in [-0.1, -0.05) is 0 Å². The normalized spacial score (nSPS) is 11.6. The van der Waals surface area contributed by atoms with Crippen molar-refractivity contribution in [1.29, 1.82) is 0 Å². The predicted octanol–water partition coefficient (Wildman–Crippen LogP) is 1.62. The number of nitrogens with zero attached hydrogens (tertiary/aromatic N) is 2. The molecule has 0 aliphatic heterocycles. The van der Waals surface area contributed by atoms with Crippen molar-refractivity contribution in [1.82, 2.24) is 14.9 Å². The highest BCUT2D eigenvalue weighted by Gasteiger charge is 2.12. The first-order valence-electron chi connectivity index (χ1n) is 5.48. The fraction of sp³-hybridized carbons (Fsp3) is 0.250. The SMILES string of the molecule is CNCc1cc2c(ccc3nc(N)n(C)c32)o1. The van der Waals surface area contributed by atoms with Crippen LogP contribution in [0.5, 0.6) is 0 Å². The Labute approximate surface area is 98.2 Å². The van der Waals surface area contributed by atoms with Gasteiger partial charge in [0.15, 0.2) is 0 Å². The van der Waals surface area contributed by atoms with Crippen LogP contribution in [0.1, 0.15) is 5.76 Å². The third-order valence-electron chi connectivity index (χ3n) is 2.97. The summed E-state index contributed by atoms with van der Waals surface area (Å²) in [5, 5.41) is 4.13. The average Bonchev–Trinajstić information content (AvgIpc) is 2.81. The van der Waals surface area contributed by atoms with Crippen molar-refractivity contribution >= 4 is 28.0 Å². The number of furan rings is 1. The Kier molecular flexibility index (Phi) is 2.09. The Bertz CT molecular complexity index is 695. The summed E-state index contributed by atoms with van der Waals surface area (Å²) in [6.07, 6.45) is 0. The largest absolute Gasteiger partial charge is 0.460 e. The van der Waals surface area contributed by atoms with E-state index >= 15 is 0 Å². The summed E-state index contributed by atoms with van der Waals surface area (Å²) >= 11 is 0. The van der Waals surface area contributed by atoms with Crippen LogP contribution in [0.15, 0.2) is 22.6 Å². The highest BCUT2D eigenvalue weighted by Crippen LogP contribution is 2.28. The van der Waals surface area contributed by atoms with E-state index in [4.69, 9.17) is 10.2 Å². The maximum absolute atomic E-state index is 5.82. The molecule has 17 heavy (non-hydrogen) atoms. The van der Waals surface area contributed by atoms with Gasteiger partial charge < -0.3 is 20.0 Å². The molecule has 2 heterocycles. The van der Waals surface area contributed by atoms with Gasteiger partial charge in [0.1, 0.15) is 11.3 Å². The number of fused-ring (bicyclic) bond motifs is 3. The fourth-order valence-electron chi connectivity index (χ4n) is 2.16. The van der Waals surface area contributed by atoms with Crippen LogP contribution in [-0.2, 0) is 13.6 Å². The van der Waals surface area contributed by atoms with Crippen LogP contribution < -0.4 is 11.1 Å². The van der Waals surface area contributed by atoms with Crippen LogP contribution in [0.3, 0.4) is 0 Å². The Morgan fingerprint density at radius 1 is 1.47 bits per heavy atom. The lowest BCUT2D eigenvalue weighted by molar-refractivity contribution is 0.531. The van der Waals surface area contributed by atoms with Gasteiger partial charge in [-0.05, 0) is 25.2 Å². The van der Waals surface area contributed by atoms with Crippen molar-refractivity contribution < 1.29 is 4.42 Å². The summed E-state index contributed by atoms with van der Waals surface area (Å²) in [4.78, 5) is 4.30. The number of anilines is 1. The molecule has 0 amide bonds. The van der Waals surface area contributed by atoms with E-state index in [0.29, 0.717) is 12.5 Å². The molecule has 0 saturated carbocycles. The summed E-state index contributed by atoms with van der Waals surface area (Å²) in [7, 11) is 3.81. The summed E-state index contributed by atoms with van der Waals surface area (Å²) in [5.41, 5.74) is 8.60. The molecule has 0 spiro atoms. The summed E-state index contributed by atoms with van der Waals surface area (Å²) < 4.78 is 7.62. The van der Waals surface area contributed by atoms with Crippen LogP contribution in [-0.4, -0.2) is 16.6 Å². The first-order chi connectivity index (χ1) is 8.20. The number of aromatic nitrogens is 2. The van der Waals surface area contributed by atoms with Crippen LogP contribution >= 0.6 is 0 Å². The molecule has 0 bridgehead atoms. The van der Waals surface area contributed by atoms with Gasteiger partial charge in [-0.2, -0.15) is 0 Å². The van der Waals surface area contributed by atoms with Crippen molar-refractivity contribution in [2.45, 2.75) is 6.54 Å². The van der Waals surface area contributed by atoms with E-state index in [0.717, 1.165) is 27.8 Å². The molecule has 0 radical (unpaired) electrons. The van der Waals surface area contributed by atoms with Gasteiger partial charge in [-0.3, -0.25) is 0 Å². The van der Waals surface area contributed by atoms with Crippen molar-refractivity contribution in [3.8, 4) is 0 Å². The molecule has 5 heteroatoms. The summed E-state index contributed by atoms with van der Waals surface area (Å²) in [6, 6.07) is 5.90. The molecule has 88 valence electrons. The number of imidazole rings is 1. The molecule has 0 saturated heterocycles. The lowest BCUT2D eigenvalue weighted by Crippen LogP contribution is -2.03. The van der Waals surface area contributed by atoms with Gasteiger partial charge in [0.2, 0.25) is 5.95 Å². The zero-order chi connectivity index (χ0) is 12.0. The zero-order valence-electron chi connectivity index (χ0n) is 9.82. The second kappa shape index (κ2) is 3.49. The monoisotopic (exact) mass is 230 g/mol. The van der Waals surface area contributed by atoms with Crippen molar-refractivity contribution in [2.75, 3.05) is 12.8 Å². The number of hydrogen-bond acceptors (Lipinski definition) is 4. The molecule has 0 fully saturated rings. The van der Waals surface area contributed by atoms with E-state index in [-0.39, 0.29) is 0 Å².